The topological polar surface area (TPSA) is 62.6 Å². The summed E-state index contributed by atoms with van der Waals surface area (Å²) in [5.41, 5.74) is 0. The summed E-state index contributed by atoms with van der Waals surface area (Å²) >= 11 is 0. The number of hydrogen-bond donors (Lipinski definition) is 1. The fourth-order valence-electron chi connectivity index (χ4n) is 2.29. The van der Waals surface area contributed by atoms with Crippen molar-refractivity contribution in [2.75, 3.05) is 13.1 Å². The molecule has 1 saturated heterocycles. The molecule has 1 aromatic rings. The SMILES string of the molecule is CC(C)CC1NC(=O)CN(CCc2ccco2)C1=O. The molecule has 0 radical (unpaired) electrons. The average Bonchev–Trinajstić information content (AvgIpc) is 2.84. The molecule has 0 aromatic carbocycles. The van der Waals surface area contributed by atoms with E-state index in [1.165, 1.54) is 0 Å². The molecule has 1 aromatic heterocycles. The molecule has 104 valence electrons. The minimum Gasteiger partial charge on any atom is -0.469 e. The summed E-state index contributed by atoms with van der Waals surface area (Å²) in [5.74, 6) is 1.14. The minimum absolute atomic E-state index is 0.0138. The van der Waals surface area contributed by atoms with Gasteiger partial charge in [-0.2, -0.15) is 0 Å². The zero-order chi connectivity index (χ0) is 13.8. The summed E-state index contributed by atoms with van der Waals surface area (Å²) in [7, 11) is 0. The number of piperazine rings is 1. The highest BCUT2D eigenvalue weighted by Crippen LogP contribution is 2.12. The number of hydrogen-bond acceptors (Lipinski definition) is 3. The van der Waals surface area contributed by atoms with Gasteiger partial charge in [-0.3, -0.25) is 9.59 Å². The monoisotopic (exact) mass is 264 g/mol. The Balaban J connectivity index is 1.95. The second kappa shape index (κ2) is 5.91. The predicted molar refractivity (Wildman–Crippen MR) is 70.4 cm³/mol. The van der Waals surface area contributed by atoms with E-state index in [-0.39, 0.29) is 24.4 Å². The van der Waals surface area contributed by atoms with Crippen LogP contribution in [0.25, 0.3) is 0 Å². The van der Waals surface area contributed by atoms with Crippen molar-refractivity contribution in [2.45, 2.75) is 32.7 Å². The van der Waals surface area contributed by atoms with Gasteiger partial charge in [-0.05, 0) is 24.5 Å². The lowest BCUT2D eigenvalue weighted by Gasteiger charge is -2.33. The lowest BCUT2D eigenvalue weighted by Crippen LogP contribution is -2.58. The third-order valence-corrected chi connectivity index (χ3v) is 3.19. The van der Waals surface area contributed by atoms with Crippen LogP contribution in [0.5, 0.6) is 0 Å². The molecule has 0 spiro atoms. The molecule has 0 bridgehead atoms. The van der Waals surface area contributed by atoms with E-state index >= 15 is 0 Å². The molecule has 1 aliphatic heterocycles. The van der Waals surface area contributed by atoms with Crippen molar-refractivity contribution in [2.24, 2.45) is 5.92 Å². The highest BCUT2D eigenvalue weighted by atomic mass is 16.3. The van der Waals surface area contributed by atoms with Gasteiger partial charge in [0.05, 0.1) is 12.8 Å². The van der Waals surface area contributed by atoms with Crippen LogP contribution in [-0.2, 0) is 16.0 Å². The van der Waals surface area contributed by atoms with Crippen LogP contribution in [0.4, 0.5) is 0 Å². The van der Waals surface area contributed by atoms with Gasteiger partial charge in [0.25, 0.3) is 0 Å². The van der Waals surface area contributed by atoms with Crippen LogP contribution in [0.2, 0.25) is 0 Å². The van der Waals surface area contributed by atoms with E-state index in [1.807, 2.05) is 26.0 Å². The summed E-state index contributed by atoms with van der Waals surface area (Å²) in [5, 5.41) is 2.77. The molecule has 5 nitrogen and oxygen atoms in total. The molecule has 1 unspecified atom stereocenters. The predicted octanol–water partition coefficient (Wildman–Crippen LogP) is 1.20. The van der Waals surface area contributed by atoms with Crippen LogP contribution >= 0.6 is 0 Å². The molecular formula is C14H20N2O3. The summed E-state index contributed by atoms with van der Waals surface area (Å²) in [6.07, 6.45) is 2.93. The fourth-order valence-corrected chi connectivity index (χ4v) is 2.29. The molecule has 2 rings (SSSR count). The summed E-state index contributed by atoms with van der Waals surface area (Å²) < 4.78 is 5.24. The Morgan fingerprint density at radius 2 is 2.26 bits per heavy atom. The van der Waals surface area contributed by atoms with Crippen molar-refractivity contribution in [1.29, 1.82) is 0 Å². The molecule has 1 fully saturated rings. The van der Waals surface area contributed by atoms with Crippen molar-refractivity contribution in [3.8, 4) is 0 Å². The minimum atomic E-state index is -0.377. The smallest absolute Gasteiger partial charge is 0.245 e. The van der Waals surface area contributed by atoms with Gasteiger partial charge in [0, 0.05) is 13.0 Å². The maximum Gasteiger partial charge on any atom is 0.245 e. The summed E-state index contributed by atoms with van der Waals surface area (Å²) in [6.45, 7) is 4.75. The second-order valence-corrected chi connectivity index (χ2v) is 5.34. The van der Waals surface area contributed by atoms with Crippen molar-refractivity contribution in [3.63, 3.8) is 0 Å². The molecule has 0 saturated carbocycles. The first-order valence-electron chi connectivity index (χ1n) is 6.67. The third-order valence-electron chi connectivity index (χ3n) is 3.19. The molecule has 19 heavy (non-hydrogen) atoms. The van der Waals surface area contributed by atoms with Gasteiger partial charge in [0.1, 0.15) is 11.8 Å². The Morgan fingerprint density at radius 1 is 1.47 bits per heavy atom. The van der Waals surface area contributed by atoms with Gasteiger partial charge in [-0.25, -0.2) is 0 Å². The first kappa shape index (κ1) is 13.6. The Morgan fingerprint density at radius 3 is 2.89 bits per heavy atom. The van der Waals surface area contributed by atoms with E-state index in [4.69, 9.17) is 4.42 Å². The number of nitrogens with zero attached hydrogens (tertiary/aromatic N) is 1. The van der Waals surface area contributed by atoms with E-state index in [9.17, 15) is 9.59 Å². The van der Waals surface area contributed by atoms with Gasteiger partial charge in [0.15, 0.2) is 0 Å². The molecule has 1 atom stereocenters. The van der Waals surface area contributed by atoms with E-state index in [0.29, 0.717) is 25.3 Å². The number of nitrogens with one attached hydrogen (secondary N) is 1. The first-order chi connectivity index (χ1) is 9.06. The number of furan rings is 1. The summed E-state index contributed by atoms with van der Waals surface area (Å²) in [6, 6.07) is 3.32. The maximum atomic E-state index is 12.2. The molecular weight excluding hydrogens is 244 g/mol. The molecule has 1 N–H and O–H groups in total. The lowest BCUT2D eigenvalue weighted by molar-refractivity contribution is -0.144. The molecule has 1 aliphatic rings. The molecule has 5 heteroatoms. The van der Waals surface area contributed by atoms with Gasteiger partial charge in [0.2, 0.25) is 11.8 Å². The van der Waals surface area contributed by atoms with E-state index in [0.717, 1.165) is 5.76 Å². The van der Waals surface area contributed by atoms with Crippen molar-refractivity contribution in [1.82, 2.24) is 10.2 Å². The molecule has 2 amide bonds. The third kappa shape index (κ3) is 3.59. The zero-order valence-electron chi connectivity index (χ0n) is 11.4. The van der Waals surface area contributed by atoms with Gasteiger partial charge in [-0.15, -0.1) is 0 Å². The highest BCUT2D eigenvalue weighted by Gasteiger charge is 2.32. The number of carbonyl (C=O) groups is 2. The van der Waals surface area contributed by atoms with Gasteiger partial charge >= 0.3 is 0 Å². The van der Waals surface area contributed by atoms with Crippen molar-refractivity contribution < 1.29 is 14.0 Å². The maximum absolute atomic E-state index is 12.2. The van der Waals surface area contributed by atoms with E-state index in [1.54, 1.807) is 11.2 Å². The largest absolute Gasteiger partial charge is 0.469 e. The van der Waals surface area contributed by atoms with Crippen LogP contribution in [-0.4, -0.2) is 35.8 Å². The van der Waals surface area contributed by atoms with Crippen LogP contribution in [0.15, 0.2) is 22.8 Å². The number of rotatable bonds is 5. The van der Waals surface area contributed by atoms with Gasteiger partial charge in [-0.1, -0.05) is 13.8 Å². The molecule has 2 heterocycles. The average molecular weight is 264 g/mol. The van der Waals surface area contributed by atoms with Crippen LogP contribution in [0, 0.1) is 5.92 Å². The lowest BCUT2D eigenvalue weighted by atomic mass is 10.0. The van der Waals surface area contributed by atoms with E-state index in [2.05, 4.69) is 5.32 Å². The highest BCUT2D eigenvalue weighted by molar-refractivity contribution is 5.94. The first-order valence-corrected chi connectivity index (χ1v) is 6.67. The Kier molecular flexibility index (Phi) is 4.24. The van der Waals surface area contributed by atoms with Gasteiger partial charge < -0.3 is 14.6 Å². The van der Waals surface area contributed by atoms with Crippen LogP contribution in [0.3, 0.4) is 0 Å². The van der Waals surface area contributed by atoms with E-state index < -0.39 is 0 Å². The summed E-state index contributed by atoms with van der Waals surface area (Å²) in [4.78, 5) is 25.5. The number of carbonyl (C=O) groups excluding carboxylic acids is 2. The van der Waals surface area contributed by atoms with Crippen molar-refractivity contribution in [3.05, 3.63) is 24.2 Å². The second-order valence-electron chi connectivity index (χ2n) is 5.34. The Hall–Kier alpha value is -1.78. The normalized spacial score (nSPS) is 19.9. The zero-order valence-corrected chi connectivity index (χ0v) is 11.4. The number of amides is 2. The Bertz CT molecular complexity index is 440. The van der Waals surface area contributed by atoms with Crippen LogP contribution < -0.4 is 5.32 Å². The molecule has 0 aliphatic carbocycles. The standard InChI is InChI=1S/C14H20N2O3/c1-10(2)8-12-14(18)16(9-13(17)15-12)6-5-11-4-3-7-19-11/h3-4,7,10,12H,5-6,8-9H2,1-2H3,(H,15,17). The van der Waals surface area contributed by atoms with Crippen LogP contribution in [0.1, 0.15) is 26.0 Å². The fraction of sp³-hybridized carbons (Fsp3) is 0.571. The quantitative estimate of drug-likeness (QED) is 0.869. The van der Waals surface area contributed by atoms with Crippen molar-refractivity contribution >= 4 is 11.8 Å². The Labute approximate surface area is 113 Å².